The van der Waals surface area contributed by atoms with E-state index >= 15 is 0 Å². The van der Waals surface area contributed by atoms with Gasteiger partial charge in [-0.25, -0.2) is 9.98 Å². The molecule has 0 unspecified atom stereocenters. The summed E-state index contributed by atoms with van der Waals surface area (Å²) in [7, 11) is 1.66. The van der Waals surface area contributed by atoms with Crippen molar-refractivity contribution in [1.29, 1.82) is 0 Å². The van der Waals surface area contributed by atoms with Crippen molar-refractivity contribution in [2.24, 2.45) is 4.99 Å². The maximum Gasteiger partial charge on any atom is 0.256 e. The van der Waals surface area contributed by atoms with Gasteiger partial charge >= 0.3 is 0 Å². The van der Waals surface area contributed by atoms with Gasteiger partial charge in [-0.1, -0.05) is 0 Å². The Hall–Kier alpha value is -3.17. The number of amides is 1. The van der Waals surface area contributed by atoms with Crippen LogP contribution in [0.3, 0.4) is 0 Å². The average molecular weight is 438 g/mol. The fourth-order valence-corrected chi connectivity index (χ4v) is 4.29. The second kappa shape index (κ2) is 9.13. The number of hydrogen-bond donors (Lipinski definition) is 1. The Morgan fingerprint density at radius 1 is 1.03 bits per heavy atom. The number of hydrogen-bond acceptors (Lipinski definition) is 8. The van der Waals surface area contributed by atoms with Crippen molar-refractivity contribution in [1.82, 2.24) is 10.3 Å². The van der Waals surface area contributed by atoms with Crippen molar-refractivity contribution >= 4 is 28.9 Å². The topological polar surface area (TPSA) is 88.5 Å². The molecule has 9 nitrogen and oxygen atoms in total. The minimum atomic E-state index is -0.194. The molecule has 0 spiro atoms. The van der Waals surface area contributed by atoms with Crippen molar-refractivity contribution in [2.75, 3.05) is 69.5 Å². The Bertz CT molecular complexity index is 1030. The zero-order chi connectivity index (χ0) is 21.9. The van der Waals surface area contributed by atoms with E-state index in [9.17, 15) is 4.79 Å². The fraction of sp³-hybridized carbons (Fsp3) is 0.435. The first-order valence-electron chi connectivity index (χ1n) is 10.9. The largest absolute Gasteiger partial charge is 0.496 e. The molecule has 0 aliphatic carbocycles. The van der Waals surface area contributed by atoms with Crippen LogP contribution in [0.4, 0.5) is 17.2 Å². The molecule has 2 aromatic rings. The van der Waals surface area contributed by atoms with E-state index in [1.165, 1.54) is 0 Å². The number of morpholine rings is 2. The Kier molecular flexibility index (Phi) is 5.91. The molecule has 1 N–H and O–H groups in total. The van der Waals surface area contributed by atoms with Crippen LogP contribution >= 0.6 is 0 Å². The Balaban J connectivity index is 1.35. The van der Waals surface area contributed by atoms with Crippen molar-refractivity contribution < 1.29 is 19.0 Å². The van der Waals surface area contributed by atoms with Gasteiger partial charge in [0.05, 0.1) is 44.9 Å². The second-order valence-electron chi connectivity index (χ2n) is 7.91. The Morgan fingerprint density at radius 2 is 1.75 bits per heavy atom. The normalized spacial score (nSPS) is 18.2. The van der Waals surface area contributed by atoms with E-state index < -0.39 is 0 Å². The zero-order valence-electron chi connectivity index (χ0n) is 18.2. The van der Waals surface area contributed by atoms with Crippen LogP contribution in [0.25, 0.3) is 0 Å². The molecule has 1 amide bonds. The molecule has 0 atom stereocenters. The van der Waals surface area contributed by atoms with Crippen molar-refractivity contribution in [2.45, 2.75) is 6.42 Å². The molecule has 2 fully saturated rings. The highest BCUT2D eigenvalue weighted by Crippen LogP contribution is 2.42. The summed E-state index contributed by atoms with van der Waals surface area (Å²) in [5.74, 6) is 1.99. The van der Waals surface area contributed by atoms with Crippen molar-refractivity contribution in [3.63, 3.8) is 0 Å². The molecule has 9 heteroatoms. The highest BCUT2D eigenvalue weighted by atomic mass is 16.5. The first-order chi connectivity index (χ1) is 15.7. The number of rotatable bonds is 4. The molecule has 2 saturated heterocycles. The van der Waals surface area contributed by atoms with E-state index in [0.29, 0.717) is 44.2 Å². The predicted octanol–water partition coefficient (Wildman–Crippen LogP) is 1.78. The highest BCUT2D eigenvalue weighted by Gasteiger charge is 2.26. The van der Waals surface area contributed by atoms with Crippen LogP contribution in [0.1, 0.15) is 15.9 Å². The lowest BCUT2D eigenvalue weighted by molar-refractivity contribution is 0.0976. The monoisotopic (exact) mass is 437 g/mol. The summed E-state index contributed by atoms with van der Waals surface area (Å²) in [6.45, 7) is 5.90. The van der Waals surface area contributed by atoms with E-state index in [2.05, 4.69) is 20.1 Å². The third kappa shape index (κ3) is 4.13. The van der Waals surface area contributed by atoms with Crippen LogP contribution in [0.5, 0.6) is 5.75 Å². The molecular formula is C23H27N5O4. The minimum absolute atomic E-state index is 0.194. The summed E-state index contributed by atoms with van der Waals surface area (Å²) in [4.78, 5) is 26.6. The van der Waals surface area contributed by atoms with Crippen molar-refractivity contribution in [3.05, 3.63) is 41.6 Å². The van der Waals surface area contributed by atoms with Gasteiger partial charge < -0.3 is 29.3 Å². The number of carbonyl (C=O) groups is 1. The lowest BCUT2D eigenvalue weighted by atomic mass is 10.1. The predicted molar refractivity (Wildman–Crippen MR) is 122 cm³/mol. The fourth-order valence-electron chi connectivity index (χ4n) is 4.29. The third-order valence-corrected chi connectivity index (χ3v) is 5.98. The van der Waals surface area contributed by atoms with E-state index in [0.717, 1.165) is 54.7 Å². The first-order valence-corrected chi connectivity index (χ1v) is 10.9. The van der Waals surface area contributed by atoms with E-state index in [4.69, 9.17) is 19.2 Å². The average Bonchev–Trinajstić information content (AvgIpc) is 3.28. The SMILES string of the molecule is COc1ccc(N2CCOCC2)c2c1CC(NC(=O)c1ccnc(N3CCOCC3)c1)=N2. The number of nitrogens with one attached hydrogen (secondary N) is 1. The molecule has 5 rings (SSSR count). The summed E-state index contributed by atoms with van der Waals surface area (Å²) >= 11 is 0. The molecule has 168 valence electrons. The maximum atomic E-state index is 13.0. The number of nitrogens with zero attached hydrogens (tertiary/aromatic N) is 4. The molecule has 3 aliphatic rings. The minimum Gasteiger partial charge on any atom is -0.496 e. The van der Waals surface area contributed by atoms with Gasteiger partial charge in [0.25, 0.3) is 5.91 Å². The van der Waals surface area contributed by atoms with Gasteiger partial charge in [-0.05, 0) is 24.3 Å². The zero-order valence-corrected chi connectivity index (χ0v) is 18.2. The molecule has 0 saturated carbocycles. The van der Waals surface area contributed by atoms with Gasteiger partial charge in [-0.3, -0.25) is 4.79 Å². The van der Waals surface area contributed by atoms with Crippen molar-refractivity contribution in [3.8, 4) is 5.75 Å². The quantitative estimate of drug-likeness (QED) is 0.780. The van der Waals surface area contributed by atoms with Crippen LogP contribution < -0.4 is 19.9 Å². The van der Waals surface area contributed by atoms with Gasteiger partial charge in [0, 0.05) is 49.9 Å². The van der Waals surface area contributed by atoms with Crippen LogP contribution in [0.2, 0.25) is 0 Å². The van der Waals surface area contributed by atoms with E-state index in [1.54, 1.807) is 19.4 Å². The van der Waals surface area contributed by atoms with Gasteiger partial charge in [-0.2, -0.15) is 0 Å². The molecule has 1 aromatic carbocycles. The van der Waals surface area contributed by atoms with Gasteiger partial charge in [-0.15, -0.1) is 0 Å². The summed E-state index contributed by atoms with van der Waals surface area (Å²) in [5.41, 5.74) is 3.47. The number of pyridine rings is 1. The smallest absolute Gasteiger partial charge is 0.256 e. The number of anilines is 2. The lowest BCUT2D eigenvalue weighted by Gasteiger charge is -2.30. The number of amidine groups is 1. The molecule has 0 radical (unpaired) electrons. The third-order valence-electron chi connectivity index (χ3n) is 5.98. The number of aliphatic imine (C=N–C) groups is 1. The maximum absolute atomic E-state index is 13.0. The summed E-state index contributed by atoms with van der Waals surface area (Å²) in [5, 5.41) is 3.00. The van der Waals surface area contributed by atoms with Crippen LogP contribution in [0, 0.1) is 0 Å². The number of aromatic nitrogens is 1. The molecule has 32 heavy (non-hydrogen) atoms. The van der Waals surface area contributed by atoms with Crippen LogP contribution in [-0.4, -0.2) is 76.4 Å². The standard InChI is InChI=1S/C23H27N5O4/c1-30-19-3-2-18(27-6-10-31-11-7-27)22-17(19)15-20(25-22)26-23(29)16-4-5-24-21(14-16)28-8-12-32-13-9-28/h2-5,14H,6-13,15H2,1H3,(H,25,26,29). The summed E-state index contributed by atoms with van der Waals surface area (Å²) < 4.78 is 16.5. The lowest BCUT2D eigenvalue weighted by Crippen LogP contribution is -2.37. The summed E-state index contributed by atoms with van der Waals surface area (Å²) in [6.07, 6.45) is 2.19. The number of methoxy groups -OCH3 is 1. The Labute approximate surface area is 187 Å². The van der Waals surface area contributed by atoms with Gasteiger partial charge in [0.1, 0.15) is 17.4 Å². The number of ether oxygens (including phenoxy) is 3. The van der Waals surface area contributed by atoms with E-state index in [1.807, 2.05) is 18.2 Å². The Morgan fingerprint density at radius 3 is 2.47 bits per heavy atom. The number of carbonyl (C=O) groups excluding carboxylic acids is 1. The molecule has 4 heterocycles. The van der Waals surface area contributed by atoms with Crippen LogP contribution in [-0.2, 0) is 15.9 Å². The second-order valence-corrected chi connectivity index (χ2v) is 7.91. The molecule has 1 aromatic heterocycles. The number of fused-ring (bicyclic) bond motifs is 1. The van der Waals surface area contributed by atoms with E-state index in [-0.39, 0.29) is 5.91 Å². The van der Waals surface area contributed by atoms with Gasteiger partial charge in [0.15, 0.2) is 0 Å². The molecular weight excluding hydrogens is 410 g/mol. The van der Waals surface area contributed by atoms with Gasteiger partial charge in [0.2, 0.25) is 0 Å². The summed E-state index contributed by atoms with van der Waals surface area (Å²) in [6, 6.07) is 7.56. The first kappa shape index (κ1) is 20.7. The number of benzene rings is 1. The highest BCUT2D eigenvalue weighted by molar-refractivity contribution is 6.10. The molecule has 3 aliphatic heterocycles. The van der Waals surface area contributed by atoms with Crippen LogP contribution in [0.15, 0.2) is 35.5 Å². The molecule has 0 bridgehead atoms.